The third kappa shape index (κ3) is 5.00. The first-order valence-corrected chi connectivity index (χ1v) is 11.0. The predicted molar refractivity (Wildman–Crippen MR) is 117 cm³/mol. The van der Waals surface area contributed by atoms with E-state index < -0.39 is 29.2 Å². The average molecular weight is 470 g/mol. The first-order valence-electron chi connectivity index (χ1n) is 10.0. The molecule has 1 aliphatic rings. The maximum atomic E-state index is 13.5. The molecule has 4 rings (SSSR count). The highest BCUT2D eigenvalue weighted by Gasteiger charge is 2.48. The summed E-state index contributed by atoms with van der Waals surface area (Å²) >= 11 is 0.978. The average Bonchev–Trinajstić information content (AvgIpc) is 3.36. The summed E-state index contributed by atoms with van der Waals surface area (Å²) in [5, 5.41) is 14.8. The zero-order chi connectivity index (χ0) is 23.4. The van der Waals surface area contributed by atoms with Crippen molar-refractivity contribution in [2.75, 3.05) is 5.75 Å². The van der Waals surface area contributed by atoms with Gasteiger partial charge < -0.3 is 5.32 Å². The van der Waals surface area contributed by atoms with Crippen molar-refractivity contribution in [3.05, 3.63) is 66.0 Å². The molecular weight excluding hydrogens is 449 g/mol. The number of hydrogen-bond acceptors (Lipinski definition) is 7. The molecule has 0 saturated carbocycles. The van der Waals surface area contributed by atoms with Gasteiger partial charge in [0, 0.05) is 0 Å². The van der Waals surface area contributed by atoms with E-state index in [9.17, 15) is 18.8 Å². The smallest absolute Gasteiger partial charge is 0.322 e. The fraction of sp³-hybridized carbons (Fsp3) is 0.238. The van der Waals surface area contributed by atoms with Gasteiger partial charge in [-0.1, -0.05) is 48.2 Å². The van der Waals surface area contributed by atoms with Crippen LogP contribution < -0.4 is 10.7 Å². The maximum absolute atomic E-state index is 13.5. The number of urea groups is 1. The number of nitrogens with one attached hydrogen (secondary N) is 2. The number of aryl methyl sites for hydroxylation is 1. The van der Waals surface area contributed by atoms with Gasteiger partial charge in [-0.2, -0.15) is 9.69 Å². The van der Waals surface area contributed by atoms with Crippen LogP contribution in [0, 0.1) is 5.82 Å². The number of halogens is 1. The van der Waals surface area contributed by atoms with E-state index in [0.29, 0.717) is 23.5 Å². The highest BCUT2D eigenvalue weighted by atomic mass is 32.2. The number of imide groups is 1. The molecule has 2 aromatic carbocycles. The number of aromatic nitrogens is 4. The number of thioether (sulfide) groups is 1. The zero-order valence-corrected chi connectivity index (χ0v) is 18.4. The van der Waals surface area contributed by atoms with E-state index >= 15 is 0 Å². The van der Waals surface area contributed by atoms with Gasteiger partial charge in [0.1, 0.15) is 11.4 Å². The molecule has 2 heterocycles. The van der Waals surface area contributed by atoms with Crippen LogP contribution in [0.2, 0.25) is 0 Å². The van der Waals surface area contributed by atoms with Gasteiger partial charge >= 0.3 is 6.03 Å². The monoisotopic (exact) mass is 469 g/mol. The Morgan fingerprint density at radius 2 is 1.97 bits per heavy atom. The number of hydrogen-bond donors (Lipinski definition) is 2. The Morgan fingerprint density at radius 1 is 1.18 bits per heavy atom. The van der Waals surface area contributed by atoms with Gasteiger partial charge in [-0.3, -0.25) is 15.0 Å². The molecule has 2 N–H and O–H groups in total. The number of carbonyl (C=O) groups excluding carboxylic acids is 3. The Balaban J connectivity index is 1.35. The summed E-state index contributed by atoms with van der Waals surface area (Å²) in [4.78, 5) is 37.6. The lowest BCUT2D eigenvalue weighted by molar-refractivity contribution is -0.138. The van der Waals surface area contributed by atoms with E-state index in [1.54, 1.807) is 13.0 Å². The van der Waals surface area contributed by atoms with E-state index in [1.807, 2.05) is 30.3 Å². The quantitative estimate of drug-likeness (QED) is 0.381. The summed E-state index contributed by atoms with van der Waals surface area (Å²) in [7, 11) is 0. The highest BCUT2D eigenvalue weighted by molar-refractivity contribution is 7.99. The van der Waals surface area contributed by atoms with E-state index in [0.717, 1.165) is 17.3 Å². The first kappa shape index (κ1) is 22.4. The lowest BCUT2D eigenvalue weighted by Gasteiger charge is -2.21. The van der Waals surface area contributed by atoms with Crippen molar-refractivity contribution >= 4 is 29.6 Å². The van der Waals surface area contributed by atoms with Gasteiger partial charge in [-0.15, -0.1) is 5.10 Å². The lowest BCUT2D eigenvalue weighted by Crippen LogP contribution is -2.49. The molecule has 0 unspecified atom stereocenters. The summed E-state index contributed by atoms with van der Waals surface area (Å²) in [5.41, 5.74) is 2.64. The fourth-order valence-electron chi connectivity index (χ4n) is 3.32. The van der Waals surface area contributed by atoms with Crippen LogP contribution in [-0.2, 0) is 16.0 Å². The summed E-state index contributed by atoms with van der Waals surface area (Å²) in [6, 6.07) is 14.6. The van der Waals surface area contributed by atoms with Gasteiger partial charge in [0.05, 0.1) is 11.4 Å². The minimum Gasteiger partial charge on any atom is -0.322 e. The molecular formula is C21H20FN7O3S. The first-order chi connectivity index (χ1) is 15.9. The Kier molecular flexibility index (Phi) is 6.36. The number of carbonyl (C=O) groups is 3. The second kappa shape index (κ2) is 9.36. The van der Waals surface area contributed by atoms with Gasteiger partial charge in [-0.25, -0.2) is 9.18 Å². The Morgan fingerprint density at radius 3 is 2.73 bits per heavy atom. The van der Waals surface area contributed by atoms with Crippen molar-refractivity contribution < 1.29 is 18.8 Å². The van der Waals surface area contributed by atoms with Crippen molar-refractivity contribution in [1.29, 1.82) is 0 Å². The van der Waals surface area contributed by atoms with Crippen LogP contribution in [0.15, 0.2) is 59.8 Å². The molecule has 10 nitrogen and oxygen atoms in total. The summed E-state index contributed by atoms with van der Waals surface area (Å²) in [5.74, 6) is -1.76. The molecule has 3 aromatic rings. The standard InChI is InChI=1S/C21H20FN7O3S/c1-21(11-10-14-6-3-2-4-7-14)18(31)29(19(32)23-21)25-17(30)13-33-20-24-26-27-28(20)16-9-5-8-15(22)12-16/h2-9,12H,10-11,13H2,1H3,(H,23,32)(H,25,30)/t21-/m1/s1. The zero-order valence-electron chi connectivity index (χ0n) is 17.6. The Hall–Kier alpha value is -3.80. The minimum absolute atomic E-state index is 0.173. The van der Waals surface area contributed by atoms with Gasteiger partial charge in [0.25, 0.3) is 5.91 Å². The van der Waals surface area contributed by atoms with Crippen molar-refractivity contribution in [2.45, 2.75) is 30.5 Å². The van der Waals surface area contributed by atoms with Crippen LogP contribution in [0.5, 0.6) is 0 Å². The molecule has 0 spiro atoms. The molecule has 1 fully saturated rings. The third-order valence-electron chi connectivity index (χ3n) is 5.08. The van der Waals surface area contributed by atoms with Crippen LogP contribution >= 0.6 is 11.8 Å². The minimum atomic E-state index is -1.13. The largest absolute Gasteiger partial charge is 0.344 e. The fourth-order valence-corrected chi connectivity index (χ4v) is 4.00. The van der Waals surface area contributed by atoms with Crippen LogP contribution in [0.3, 0.4) is 0 Å². The lowest BCUT2D eigenvalue weighted by atomic mass is 9.93. The molecule has 1 saturated heterocycles. The molecule has 170 valence electrons. The second-order valence-corrected chi connectivity index (χ2v) is 8.51. The van der Waals surface area contributed by atoms with Gasteiger partial charge in [0.2, 0.25) is 11.1 Å². The molecule has 33 heavy (non-hydrogen) atoms. The van der Waals surface area contributed by atoms with Crippen LogP contribution in [-0.4, -0.2) is 54.4 Å². The SMILES string of the molecule is C[C@]1(CCc2ccccc2)NC(=O)N(NC(=O)CSc2nnnn2-c2cccc(F)c2)C1=O. The number of hydrazine groups is 1. The van der Waals surface area contributed by atoms with E-state index in [4.69, 9.17) is 0 Å². The maximum Gasteiger partial charge on any atom is 0.344 e. The summed E-state index contributed by atoms with van der Waals surface area (Å²) in [6.45, 7) is 1.63. The second-order valence-electron chi connectivity index (χ2n) is 7.57. The molecule has 1 atom stereocenters. The molecule has 1 aliphatic heterocycles. The van der Waals surface area contributed by atoms with Crippen molar-refractivity contribution in [2.24, 2.45) is 0 Å². The molecule has 12 heteroatoms. The Labute approximate surface area is 192 Å². The summed E-state index contributed by atoms with van der Waals surface area (Å²) in [6.07, 6.45) is 0.967. The van der Waals surface area contributed by atoms with Gasteiger partial charge in [-0.05, 0) is 54.0 Å². The molecule has 1 aromatic heterocycles. The number of rotatable bonds is 8. The van der Waals surface area contributed by atoms with Crippen LogP contribution in [0.1, 0.15) is 18.9 Å². The topological polar surface area (TPSA) is 122 Å². The molecule has 4 amide bonds. The molecule has 0 radical (unpaired) electrons. The van der Waals surface area contributed by atoms with Crippen molar-refractivity contribution in [1.82, 2.24) is 36.0 Å². The number of amides is 4. The van der Waals surface area contributed by atoms with E-state index in [2.05, 4.69) is 26.3 Å². The van der Waals surface area contributed by atoms with Crippen LogP contribution in [0.4, 0.5) is 9.18 Å². The van der Waals surface area contributed by atoms with Crippen LogP contribution in [0.25, 0.3) is 5.69 Å². The molecule has 0 bridgehead atoms. The highest BCUT2D eigenvalue weighted by Crippen LogP contribution is 2.23. The predicted octanol–water partition coefficient (Wildman–Crippen LogP) is 1.87. The number of tetrazole rings is 1. The Bertz CT molecular complexity index is 1190. The molecule has 0 aliphatic carbocycles. The van der Waals surface area contributed by atoms with E-state index in [1.165, 1.54) is 22.9 Å². The summed E-state index contributed by atoms with van der Waals surface area (Å²) < 4.78 is 14.8. The number of nitrogens with zero attached hydrogens (tertiary/aromatic N) is 5. The number of benzene rings is 2. The van der Waals surface area contributed by atoms with Crippen molar-refractivity contribution in [3.8, 4) is 5.69 Å². The van der Waals surface area contributed by atoms with Crippen molar-refractivity contribution in [3.63, 3.8) is 0 Å². The van der Waals surface area contributed by atoms with E-state index in [-0.39, 0.29) is 10.9 Å². The third-order valence-corrected chi connectivity index (χ3v) is 6.00. The van der Waals surface area contributed by atoms with Gasteiger partial charge in [0.15, 0.2) is 0 Å². The normalized spacial score (nSPS) is 17.8.